The van der Waals surface area contributed by atoms with Gasteiger partial charge < -0.3 is 0 Å². The van der Waals surface area contributed by atoms with Crippen LogP contribution >= 0.6 is 11.6 Å². The molecule has 0 saturated heterocycles. The quantitative estimate of drug-likeness (QED) is 0.743. The molecule has 0 amide bonds. The van der Waals surface area contributed by atoms with Gasteiger partial charge in [0.2, 0.25) is 0 Å². The van der Waals surface area contributed by atoms with Gasteiger partial charge in [-0.15, -0.1) is 0 Å². The standard InChI is InChI=1S/C13H13ClN2/c1-13(2,3)11-6-9(4-5-15)12(14)7-10(11)8-16/h6-7H,4H2,1-3H3. The SMILES string of the molecule is CC(C)(C)c1cc(CC#N)c(Cl)cc1C#N. The summed E-state index contributed by atoms with van der Waals surface area (Å²) in [5.74, 6) is 0. The van der Waals surface area contributed by atoms with Crippen molar-refractivity contribution < 1.29 is 0 Å². The summed E-state index contributed by atoms with van der Waals surface area (Å²) >= 11 is 6.01. The molecule has 0 fully saturated rings. The Morgan fingerprint density at radius 1 is 1.25 bits per heavy atom. The van der Waals surface area contributed by atoms with Crippen molar-refractivity contribution in [3.05, 3.63) is 33.8 Å². The topological polar surface area (TPSA) is 47.6 Å². The van der Waals surface area contributed by atoms with Crippen LogP contribution in [0.3, 0.4) is 0 Å². The average molecular weight is 233 g/mol. The molecule has 3 heteroatoms. The van der Waals surface area contributed by atoms with E-state index >= 15 is 0 Å². The van der Waals surface area contributed by atoms with E-state index in [1.54, 1.807) is 6.07 Å². The van der Waals surface area contributed by atoms with E-state index in [9.17, 15) is 0 Å². The Kier molecular flexibility index (Phi) is 3.58. The van der Waals surface area contributed by atoms with Gasteiger partial charge in [-0.05, 0) is 22.6 Å². The predicted octanol–water partition coefficient (Wildman–Crippen LogP) is 3.58. The van der Waals surface area contributed by atoms with Gasteiger partial charge in [0, 0.05) is 5.02 Å². The van der Waals surface area contributed by atoms with Gasteiger partial charge in [-0.3, -0.25) is 0 Å². The second-order valence-corrected chi connectivity index (χ2v) is 5.09. The van der Waals surface area contributed by atoms with Gasteiger partial charge in [0.25, 0.3) is 0 Å². The van der Waals surface area contributed by atoms with Crippen LogP contribution in [-0.2, 0) is 11.8 Å². The maximum atomic E-state index is 9.05. The third-order valence-electron chi connectivity index (χ3n) is 2.38. The summed E-state index contributed by atoms with van der Waals surface area (Å²) in [6.07, 6.45) is 0.271. The van der Waals surface area contributed by atoms with Crippen molar-refractivity contribution in [2.24, 2.45) is 0 Å². The van der Waals surface area contributed by atoms with E-state index in [2.05, 4.69) is 12.1 Å². The summed E-state index contributed by atoms with van der Waals surface area (Å²) in [5.41, 5.74) is 2.18. The lowest BCUT2D eigenvalue weighted by molar-refractivity contribution is 0.588. The van der Waals surface area contributed by atoms with Gasteiger partial charge in [0.05, 0.1) is 24.1 Å². The molecule has 2 nitrogen and oxygen atoms in total. The Morgan fingerprint density at radius 3 is 2.31 bits per heavy atom. The number of nitrogens with zero attached hydrogens (tertiary/aromatic N) is 2. The molecule has 0 bridgehead atoms. The second-order valence-electron chi connectivity index (χ2n) is 4.69. The van der Waals surface area contributed by atoms with Crippen molar-refractivity contribution in [2.45, 2.75) is 32.6 Å². The molecule has 0 aliphatic carbocycles. The monoisotopic (exact) mass is 232 g/mol. The van der Waals surface area contributed by atoms with E-state index in [4.69, 9.17) is 22.1 Å². The fourth-order valence-electron chi connectivity index (χ4n) is 1.55. The van der Waals surface area contributed by atoms with Crippen molar-refractivity contribution in [1.82, 2.24) is 0 Å². The normalized spacial score (nSPS) is 10.6. The Hall–Kier alpha value is -1.51. The lowest BCUT2D eigenvalue weighted by Crippen LogP contribution is -2.14. The van der Waals surface area contributed by atoms with Crippen LogP contribution in [0, 0.1) is 22.7 Å². The third kappa shape index (κ3) is 2.54. The first kappa shape index (κ1) is 12.6. The highest BCUT2D eigenvalue weighted by Crippen LogP contribution is 2.30. The van der Waals surface area contributed by atoms with Gasteiger partial charge in [-0.1, -0.05) is 38.4 Å². The zero-order valence-corrected chi connectivity index (χ0v) is 10.4. The molecular formula is C13H13ClN2. The predicted molar refractivity (Wildman–Crippen MR) is 64.2 cm³/mol. The molecule has 0 unspecified atom stereocenters. The lowest BCUT2D eigenvalue weighted by atomic mass is 9.83. The Bertz CT molecular complexity index is 484. The number of hydrogen-bond donors (Lipinski definition) is 0. The highest BCUT2D eigenvalue weighted by atomic mass is 35.5. The molecule has 82 valence electrons. The maximum absolute atomic E-state index is 9.05. The second kappa shape index (κ2) is 4.56. The summed E-state index contributed by atoms with van der Waals surface area (Å²) in [4.78, 5) is 0. The molecule has 0 saturated carbocycles. The molecular weight excluding hydrogens is 220 g/mol. The number of benzene rings is 1. The highest BCUT2D eigenvalue weighted by molar-refractivity contribution is 6.31. The fourth-order valence-corrected chi connectivity index (χ4v) is 1.78. The molecule has 0 radical (unpaired) electrons. The van der Waals surface area contributed by atoms with Crippen LogP contribution < -0.4 is 0 Å². The molecule has 0 atom stereocenters. The van der Waals surface area contributed by atoms with Crippen LogP contribution in [-0.4, -0.2) is 0 Å². The van der Waals surface area contributed by atoms with Crippen LogP contribution in [0.25, 0.3) is 0 Å². The van der Waals surface area contributed by atoms with Crippen molar-refractivity contribution in [3.63, 3.8) is 0 Å². The minimum Gasteiger partial charge on any atom is -0.198 e. The van der Waals surface area contributed by atoms with E-state index in [0.717, 1.165) is 11.1 Å². The summed E-state index contributed by atoms with van der Waals surface area (Å²) in [6, 6.07) is 7.73. The van der Waals surface area contributed by atoms with Crippen LogP contribution in [0.15, 0.2) is 12.1 Å². The smallest absolute Gasteiger partial charge is 0.0995 e. The number of hydrogen-bond acceptors (Lipinski definition) is 2. The first-order valence-corrected chi connectivity index (χ1v) is 5.38. The summed E-state index contributed by atoms with van der Waals surface area (Å²) in [6.45, 7) is 6.10. The first-order chi connectivity index (χ1) is 7.40. The molecule has 1 rings (SSSR count). The molecule has 16 heavy (non-hydrogen) atoms. The largest absolute Gasteiger partial charge is 0.198 e. The molecule has 0 aromatic heterocycles. The van der Waals surface area contributed by atoms with E-state index in [1.165, 1.54) is 0 Å². The highest BCUT2D eigenvalue weighted by Gasteiger charge is 2.19. The maximum Gasteiger partial charge on any atom is 0.0995 e. The first-order valence-electron chi connectivity index (χ1n) is 5.00. The van der Waals surface area contributed by atoms with Crippen molar-refractivity contribution in [3.8, 4) is 12.1 Å². The molecule has 0 N–H and O–H groups in total. The Labute approximate surface area is 101 Å². The van der Waals surface area contributed by atoms with Gasteiger partial charge in [0.1, 0.15) is 0 Å². The molecule has 1 aromatic carbocycles. The van der Waals surface area contributed by atoms with Crippen molar-refractivity contribution in [1.29, 1.82) is 10.5 Å². The summed E-state index contributed by atoms with van der Waals surface area (Å²) in [7, 11) is 0. The Balaban J connectivity index is 3.43. The number of rotatable bonds is 1. The number of nitriles is 2. The van der Waals surface area contributed by atoms with Gasteiger partial charge >= 0.3 is 0 Å². The Morgan fingerprint density at radius 2 is 1.88 bits per heavy atom. The molecule has 0 heterocycles. The van der Waals surface area contributed by atoms with Gasteiger partial charge in [-0.25, -0.2) is 0 Å². The lowest BCUT2D eigenvalue weighted by Gasteiger charge is -2.21. The van der Waals surface area contributed by atoms with E-state index in [-0.39, 0.29) is 11.8 Å². The minimum absolute atomic E-state index is 0.125. The van der Waals surface area contributed by atoms with E-state index in [1.807, 2.05) is 26.8 Å². The molecule has 0 aliphatic heterocycles. The van der Waals surface area contributed by atoms with Gasteiger partial charge in [-0.2, -0.15) is 10.5 Å². The zero-order chi connectivity index (χ0) is 12.3. The van der Waals surface area contributed by atoms with Crippen LogP contribution in [0.5, 0.6) is 0 Å². The fraction of sp³-hybridized carbons (Fsp3) is 0.385. The van der Waals surface area contributed by atoms with Crippen LogP contribution in [0.2, 0.25) is 5.02 Å². The summed E-state index contributed by atoms with van der Waals surface area (Å²) < 4.78 is 0. The third-order valence-corrected chi connectivity index (χ3v) is 2.74. The van der Waals surface area contributed by atoms with Crippen molar-refractivity contribution in [2.75, 3.05) is 0 Å². The molecule has 0 aliphatic rings. The van der Waals surface area contributed by atoms with Crippen LogP contribution in [0.4, 0.5) is 0 Å². The number of halogens is 1. The van der Waals surface area contributed by atoms with E-state index < -0.39 is 0 Å². The molecule has 1 aromatic rings. The van der Waals surface area contributed by atoms with Crippen LogP contribution in [0.1, 0.15) is 37.5 Å². The zero-order valence-electron chi connectivity index (χ0n) is 9.63. The molecule has 0 spiro atoms. The average Bonchev–Trinajstić information content (AvgIpc) is 2.19. The van der Waals surface area contributed by atoms with Crippen molar-refractivity contribution >= 4 is 11.6 Å². The summed E-state index contributed by atoms with van der Waals surface area (Å²) in [5, 5.41) is 18.2. The minimum atomic E-state index is -0.125. The van der Waals surface area contributed by atoms with E-state index in [0.29, 0.717) is 10.6 Å². The van der Waals surface area contributed by atoms with Gasteiger partial charge in [0.15, 0.2) is 0 Å².